The van der Waals surface area contributed by atoms with Crippen LogP contribution in [0.1, 0.15) is 5.56 Å². The van der Waals surface area contributed by atoms with Crippen LogP contribution >= 0.6 is 11.8 Å². The molecule has 0 unspecified atom stereocenters. The highest BCUT2D eigenvalue weighted by atomic mass is 32.2. The topological polar surface area (TPSA) is 50.8 Å². The van der Waals surface area contributed by atoms with Gasteiger partial charge < -0.3 is 4.74 Å². The Bertz CT molecular complexity index is 766. The number of rotatable bonds is 6. The highest BCUT2D eigenvalue weighted by Gasteiger charge is 2.05. The van der Waals surface area contributed by atoms with Crippen LogP contribution in [0.25, 0.3) is 17.5 Å². The lowest BCUT2D eigenvalue weighted by atomic mass is 10.2. The van der Waals surface area contributed by atoms with Gasteiger partial charge in [-0.3, -0.25) is 5.10 Å². The molecular formula is C18H17N3OS. The second-order valence-corrected chi connectivity index (χ2v) is 5.81. The molecule has 1 aromatic heterocycles. The maximum Gasteiger partial charge on any atom is 0.209 e. The molecule has 0 bridgehead atoms. The minimum atomic E-state index is 0.744. The molecular weight excluding hydrogens is 306 g/mol. The minimum Gasteiger partial charge on any atom is -0.497 e. The molecule has 116 valence electrons. The highest BCUT2D eigenvalue weighted by molar-refractivity contribution is 7.99. The monoisotopic (exact) mass is 323 g/mol. The van der Waals surface area contributed by atoms with Gasteiger partial charge in [0.2, 0.25) is 5.16 Å². The Morgan fingerprint density at radius 3 is 2.61 bits per heavy atom. The van der Waals surface area contributed by atoms with Gasteiger partial charge in [0.15, 0.2) is 5.82 Å². The van der Waals surface area contributed by atoms with Gasteiger partial charge in [-0.1, -0.05) is 54.2 Å². The molecule has 3 aromatic rings. The van der Waals surface area contributed by atoms with Crippen molar-refractivity contribution in [1.82, 2.24) is 15.2 Å². The summed E-state index contributed by atoms with van der Waals surface area (Å²) in [5.41, 5.74) is 2.19. The molecule has 4 nitrogen and oxygen atoms in total. The standard InChI is InChI=1S/C18H17N3OS/c1-22-16-11-9-15(10-12-16)17-19-18(21-20-17)23-13-5-8-14-6-3-2-4-7-14/h2-12H,13H2,1H3,(H,19,20,21). The molecule has 0 radical (unpaired) electrons. The van der Waals surface area contributed by atoms with E-state index in [9.17, 15) is 0 Å². The Kier molecular flexibility index (Phi) is 5.11. The molecule has 0 spiro atoms. The van der Waals surface area contributed by atoms with Gasteiger partial charge in [0.25, 0.3) is 0 Å². The Morgan fingerprint density at radius 2 is 1.87 bits per heavy atom. The van der Waals surface area contributed by atoms with Crippen molar-refractivity contribution in [3.05, 3.63) is 66.2 Å². The predicted molar refractivity (Wildman–Crippen MR) is 94.6 cm³/mol. The summed E-state index contributed by atoms with van der Waals surface area (Å²) in [7, 11) is 1.65. The Balaban J connectivity index is 1.57. The highest BCUT2D eigenvalue weighted by Crippen LogP contribution is 2.21. The van der Waals surface area contributed by atoms with Gasteiger partial charge >= 0.3 is 0 Å². The smallest absolute Gasteiger partial charge is 0.209 e. The number of hydrogen-bond donors (Lipinski definition) is 1. The number of thioether (sulfide) groups is 1. The Morgan fingerprint density at radius 1 is 1.09 bits per heavy atom. The van der Waals surface area contributed by atoms with Crippen molar-refractivity contribution >= 4 is 17.8 Å². The first-order chi connectivity index (χ1) is 11.3. The first-order valence-corrected chi connectivity index (χ1v) is 8.25. The molecule has 1 N–H and O–H groups in total. The van der Waals surface area contributed by atoms with Crippen molar-refractivity contribution in [3.8, 4) is 17.1 Å². The van der Waals surface area contributed by atoms with E-state index in [1.54, 1.807) is 18.9 Å². The summed E-state index contributed by atoms with van der Waals surface area (Å²) in [5.74, 6) is 2.42. The van der Waals surface area contributed by atoms with E-state index in [2.05, 4.69) is 39.5 Å². The molecule has 1 heterocycles. The van der Waals surface area contributed by atoms with Gasteiger partial charge in [-0.05, 0) is 29.8 Å². The number of benzene rings is 2. The normalized spacial score (nSPS) is 11.0. The van der Waals surface area contributed by atoms with E-state index in [4.69, 9.17) is 4.74 Å². The quantitative estimate of drug-likeness (QED) is 0.688. The van der Waals surface area contributed by atoms with Crippen LogP contribution in [0.2, 0.25) is 0 Å². The number of methoxy groups -OCH3 is 1. The van der Waals surface area contributed by atoms with Crippen molar-refractivity contribution in [2.75, 3.05) is 12.9 Å². The van der Waals surface area contributed by atoms with Crippen LogP contribution in [0.5, 0.6) is 5.75 Å². The van der Waals surface area contributed by atoms with Gasteiger partial charge in [0.1, 0.15) is 5.75 Å². The van der Waals surface area contributed by atoms with Crippen LogP contribution in [0, 0.1) is 0 Å². The average molecular weight is 323 g/mol. The van der Waals surface area contributed by atoms with Crippen LogP contribution < -0.4 is 4.74 Å². The first-order valence-electron chi connectivity index (χ1n) is 7.26. The van der Waals surface area contributed by atoms with E-state index in [0.29, 0.717) is 0 Å². The molecule has 0 atom stereocenters. The van der Waals surface area contributed by atoms with Gasteiger partial charge in [-0.2, -0.15) is 0 Å². The fourth-order valence-electron chi connectivity index (χ4n) is 2.06. The number of aromatic nitrogens is 3. The lowest BCUT2D eigenvalue weighted by Gasteiger charge is -1.99. The van der Waals surface area contributed by atoms with E-state index in [0.717, 1.165) is 28.0 Å². The van der Waals surface area contributed by atoms with E-state index in [1.807, 2.05) is 42.5 Å². The number of H-pyrrole nitrogens is 1. The van der Waals surface area contributed by atoms with Crippen molar-refractivity contribution in [3.63, 3.8) is 0 Å². The fraction of sp³-hybridized carbons (Fsp3) is 0.111. The first kappa shape index (κ1) is 15.4. The average Bonchev–Trinajstić information content (AvgIpc) is 3.09. The third-order valence-corrected chi connectivity index (χ3v) is 4.05. The van der Waals surface area contributed by atoms with Crippen LogP contribution in [0.4, 0.5) is 0 Å². The van der Waals surface area contributed by atoms with Gasteiger partial charge in [-0.25, -0.2) is 4.98 Å². The SMILES string of the molecule is COc1ccc(-c2nc(SCC=Cc3ccccc3)n[nH]2)cc1. The Hall–Kier alpha value is -2.53. The van der Waals surface area contributed by atoms with Crippen molar-refractivity contribution < 1.29 is 4.74 Å². The van der Waals surface area contributed by atoms with E-state index in [1.165, 1.54) is 5.56 Å². The van der Waals surface area contributed by atoms with Crippen LogP contribution in [-0.2, 0) is 0 Å². The third-order valence-electron chi connectivity index (χ3n) is 3.25. The molecule has 3 rings (SSSR count). The molecule has 0 fully saturated rings. The summed E-state index contributed by atoms with van der Waals surface area (Å²) in [6.07, 6.45) is 4.22. The zero-order valence-electron chi connectivity index (χ0n) is 12.8. The second-order valence-electron chi connectivity index (χ2n) is 4.82. The van der Waals surface area contributed by atoms with Crippen molar-refractivity contribution in [2.45, 2.75) is 5.16 Å². The van der Waals surface area contributed by atoms with Crippen molar-refractivity contribution in [1.29, 1.82) is 0 Å². The Labute approximate surface area is 139 Å². The molecule has 0 aliphatic rings. The number of aromatic amines is 1. The third kappa shape index (κ3) is 4.23. The molecule has 23 heavy (non-hydrogen) atoms. The molecule has 0 saturated carbocycles. The second kappa shape index (κ2) is 7.65. The molecule has 2 aromatic carbocycles. The van der Waals surface area contributed by atoms with E-state index in [-0.39, 0.29) is 0 Å². The van der Waals surface area contributed by atoms with E-state index < -0.39 is 0 Å². The summed E-state index contributed by atoms with van der Waals surface area (Å²) in [5, 5.41) is 7.96. The molecule has 0 amide bonds. The van der Waals surface area contributed by atoms with Gasteiger partial charge in [0.05, 0.1) is 7.11 Å². The summed E-state index contributed by atoms with van der Waals surface area (Å²) in [6.45, 7) is 0. The lowest BCUT2D eigenvalue weighted by molar-refractivity contribution is 0.415. The van der Waals surface area contributed by atoms with E-state index >= 15 is 0 Å². The largest absolute Gasteiger partial charge is 0.497 e. The fourth-order valence-corrected chi connectivity index (χ4v) is 2.67. The maximum atomic E-state index is 5.15. The summed E-state index contributed by atoms with van der Waals surface area (Å²) < 4.78 is 5.15. The lowest BCUT2D eigenvalue weighted by Crippen LogP contribution is -1.84. The number of nitrogens with one attached hydrogen (secondary N) is 1. The summed E-state index contributed by atoms with van der Waals surface area (Å²) in [6, 6.07) is 18.0. The number of nitrogens with zero attached hydrogens (tertiary/aromatic N) is 2. The van der Waals surface area contributed by atoms with Crippen LogP contribution in [0.3, 0.4) is 0 Å². The summed E-state index contributed by atoms with van der Waals surface area (Å²) >= 11 is 1.60. The minimum absolute atomic E-state index is 0.744. The molecule has 0 aliphatic heterocycles. The summed E-state index contributed by atoms with van der Waals surface area (Å²) in [4.78, 5) is 4.50. The van der Waals surface area contributed by atoms with Crippen LogP contribution in [-0.4, -0.2) is 28.0 Å². The van der Waals surface area contributed by atoms with Crippen LogP contribution in [0.15, 0.2) is 65.8 Å². The zero-order valence-corrected chi connectivity index (χ0v) is 13.6. The maximum absolute atomic E-state index is 5.15. The number of ether oxygens (including phenoxy) is 1. The molecule has 0 saturated heterocycles. The molecule has 0 aliphatic carbocycles. The predicted octanol–water partition coefficient (Wildman–Crippen LogP) is 4.29. The zero-order chi connectivity index (χ0) is 15.9. The number of hydrogen-bond acceptors (Lipinski definition) is 4. The molecule has 5 heteroatoms. The van der Waals surface area contributed by atoms with Gasteiger partial charge in [0, 0.05) is 11.3 Å². The van der Waals surface area contributed by atoms with Gasteiger partial charge in [-0.15, -0.1) is 5.10 Å². The van der Waals surface area contributed by atoms with Crippen molar-refractivity contribution in [2.24, 2.45) is 0 Å².